The number of ether oxygens (including phenoxy) is 2. The van der Waals surface area contributed by atoms with Crippen LogP contribution in [-0.4, -0.2) is 54.2 Å². The van der Waals surface area contributed by atoms with Crippen molar-refractivity contribution in [3.8, 4) is 0 Å². The molecule has 32 heavy (non-hydrogen) atoms. The van der Waals surface area contributed by atoms with Crippen molar-refractivity contribution in [3.05, 3.63) is 65.5 Å². The standard InChI is InChI=1S/C24H27N3O5/c1-17(18-8-6-11-25-15-18)26-24(30)22(28)21-10-4-5-12-31-13-14-32-16-19-7-2-3-9-20(19)23(29)27-21/h2-3,6-9,11,15,21H,4-5,10,12-14,16H2,1H3,(H,27,29)/b26-17+. The van der Waals surface area contributed by atoms with Gasteiger partial charge in [-0.25, -0.2) is 4.99 Å². The second kappa shape index (κ2) is 12.0. The molecule has 0 saturated carbocycles. The minimum Gasteiger partial charge on any atom is -0.379 e. The van der Waals surface area contributed by atoms with Gasteiger partial charge in [-0.3, -0.25) is 19.4 Å². The van der Waals surface area contributed by atoms with Crippen LogP contribution in [0.15, 0.2) is 53.8 Å². The molecule has 8 nitrogen and oxygen atoms in total. The molecule has 2 heterocycles. The second-order valence-electron chi connectivity index (χ2n) is 7.45. The summed E-state index contributed by atoms with van der Waals surface area (Å²) in [7, 11) is 0. The van der Waals surface area contributed by atoms with Crippen molar-refractivity contribution in [1.29, 1.82) is 0 Å². The molecule has 1 aliphatic rings. The van der Waals surface area contributed by atoms with Crippen LogP contribution in [0.1, 0.15) is 47.7 Å². The Morgan fingerprint density at radius 3 is 2.69 bits per heavy atom. The van der Waals surface area contributed by atoms with Crippen LogP contribution in [0.4, 0.5) is 0 Å². The van der Waals surface area contributed by atoms with Gasteiger partial charge in [-0.1, -0.05) is 24.3 Å². The summed E-state index contributed by atoms with van der Waals surface area (Å²) in [5, 5.41) is 2.73. The molecular formula is C24H27N3O5. The first-order chi connectivity index (χ1) is 15.6. The number of carbonyl (C=O) groups is 3. The summed E-state index contributed by atoms with van der Waals surface area (Å²) in [6.07, 6.45) is 4.81. The molecule has 0 aliphatic carbocycles. The number of aliphatic imine (C=N–C) groups is 1. The third-order valence-corrected chi connectivity index (χ3v) is 5.10. The number of amides is 2. The lowest BCUT2D eigenvalue weighted by atomic mass is 10.0. The van der Waals surface area contributed by atoms with Crippen LogP contribution in [0, 0.1) is 0 Å². The Balaban J connectivity index is 1.79. The molecule has 1 aromatic heterocycles. The average Bonchev–Trinajstić information content (AvgIpc) is 2.82. The van der Waals surface area contributed by atoms with Crippen molar-refractivity contribution >= 4 is 23.3 Å². The van der Waals surface area contributed by atoms with Crippen molar-refractivity contribution in [3.63, 3.8) is 0 Å². The fourth-order valence-corrected chi connectivity index (χ4v) is 3.32. The van der Waals surface area contributed by atoms with Crippen LogP contribution < -0.4 is 5.32 Å². The molecule has 0 spiro atoms. The summed E-state index contributed by atoms with van der Waals surface area (Å²) >= 11 is 0. The van der Waals surface area contributed by atoms with Gasteiger partial charge in [-0.2, -0.15) is 0 Å². The number of pyridine rings is 1. The number of nitrogens with zero attached hydrogens (tertiary/aromatic N) is 2. The fourth-order valence-electron chi connectivity index (χ4n) is 3.32. The average molecular weight is 437 g/mol. The monoisotopic (exact) mass is 437 g/mol. The van der Waals surface area contributed by atoms with Crippen molar-refractivity contribution < 1.29 is 23.9 Å². The molecule has 3 rings (SSSR count). The number of hydrogen-bond donors (Lipinski definition) is 1. The van der Waals surface area contributed by atoms with Crippen molar-refractivity contribution in [2.75, 3.05) is 19.8 Å². The first-order valence-corrected chi connectivity index (χ1v) is 10.6. The zero-order valence-corrected chi connectivity index (χ0v) is 18.1. The number of rotatable bonds is 3. The van der Waals surface area contributed by atoms with E-state index in [-0.39, 0.29) is 6.61 Å². The van der Waals surface area contributed by atoms with E-state index in [0.717, 1.165) is 0 Å². The Bertz CT molecular complexity index is 975. The number of Topliss-reactive ketones (excluding diaryl/α,β-unsaturated/α-hetero) is 1. The molecule has 0 radical (unpaired) electrons. The predicted molar refractivity (Wildman–Crippen MR) is 118 cm³/mol. The van der Waals surface area contributed by atoms with Gasteiger partial charge in [0.2, 0.25) is 5.78 Å². The molecule has 1 unspecified atom stereocenters. The molecule has 1 aromatic carbocycles. The Morgan fingerprint density at radius 2 is 1.88 bits per heavy atom. The van der Waals surface area contributed by atoms with E-state index >= 15 is 0 Å². The zero-order valence-electron chi connectivity index (χ0n) is 18.1. The van der Waals surface area contributed by atoms with E-state index in [9.17, 15) is 14.4 Å². The summed E-state index contributed by atoms with van der Waals surface area (Å²) in [6, 6.07) is 9.53. The summed E-state index contributed by atoms with van der Waals surface area (Å²) < 4.78 is 11.1. The van der Waals surface area contributed by atoms with Crippen molar-refractivity contribution in [2.24, 2.45) is 4.99 Å². The number of fused-ring (bicyclic) bond motifs is 1. The van der Waals surface area contributed by atoms with Gasteiger partial charge in [0.05, 0.1) is 31.6 Å². The second-order valence-corrected chi connectivity index (χ2v) is 7.45. The van der Waals surface area contributed by atoms with Crippen LogP contribution in [-0.2, 0) is 25.7 Å². The van der Waals surface area contributed by atoms with E-state index in [1.165, 1.54) is 0 Å². The Hall–Kier alpha value is -3.23. The largest absolute Gasteiger partial charge is 0.379 e. The molecule has 2 amide bonds. The Kier molecular flexibility index (Phi) is 8.77. The fraction of sp³-hybridized carbons (Fsp3) is 0.375. The minimum atomic E-state index is -0.975. The lowest BCUT2D eigenvalue weighted by Crippen LogP contribution is -2.44. The molecule has 1 aliphatic heterocycles. The number of ketones is 1. The van der Waals surface area contributed by atoms with Crippen molar-refractivity contribution in [1.82, 2.24) is 10.3 Å². The molecule has 0 bridgehead atoms. The van der Waals surface area contributed by atoms with Gasteiger partial charge < -0.3 is 14.8 Å². The van der Waals surface area contributed by atoms with Gasteiger partial charge in [-0.05, 0) is 43.9 Å². The van der Waals surface area contributed by atoms with Crippen molar-refractivity contribution in [2.45, 2.75) is 38.8 Å². The SMILES string of the molecule is C/C(=N\C(=O)C(=O)C1CCCCOCCOCc2ccccc2C(=O)N1)c1cccnc1. The van der Waals surface area contributed by atoms with E-state index in [0.29, 0.717) is 61.5 Å². The topological polar surface area (TPSA) is 107 Å². The number of nitrogens with one attached hydrogen (secondary N) is 1. The normalized spacial score (nSPS) is 18.7. The maximum Gasteiger partial charge on any atom is 0.315 e. The minimum absolute atomic E-state index is 0.249. The van der Waals surface area contributed by atoms with Crippen LogP contribution in [0.3, 0.4) is 0 Å². The number of aromatic nitrogens is 1. The van der Waals surface area contributed by atoms with Crippen LogP contribution in [0.2, 0.25) is 0 Å². The maximum atomic E-state index is 13.0. The molecule has 168 valence electrons. The highest BCUT2D eigenvalue weighted by Crippen LogP contribution is 2.13. The highest BCUT2D eigenvalue weighted by Gasteiger charge is 2.27. The third-order valence-electron chi connectivity index (χ3n) is 5.10. The number of benzene rings is 1. The van der Waals surface area contributed by atoms with Gasteiger partial charge in [0.1, 0.15) is 0 Å². The number of carbonyl (C=O) groups excluding carboxylic acids is 3. The smallest absolute Gasteiger partial charge is 0.315 e. The van der Waals surface area contributed by atoms with E-state index in [1.807, 2.05) is 6.07 Å². The summed E-state index contributed by atoms with van der Waals surface area (Å²) in [5.41, 5.74) is 2.14. The van der Waals surface area contributed by atoms with Gasteiger partial charge in [0.25, 0.3) is 5.91 Å². The molecule has 0 saturated heterocycles. The van der Waals surface area contributed by atoms with E-state index in [2.05, 4.69) is 15.3 Å². The number of hydrogen-bond acceptors (Lipinski definition) is 6. The summed E-state index contributed by atoms with van der Waals surface area (Å²) in [5.74, 6) is -2.06. The van der Waals surface area contributed by atoms with E-state index < -0.39 is 23.6 Å². The van der Waals surface area contributed by atoms with Gasteiger partial charge in [0.15, 0.2) is 0 Å². The van der Waals surface area contributed by atoms with Gasteiger partial charge >= 0.3 is 5.91 Å². The Labute approximate surface area is 187 Å². The van der Waals surface area contributed by atoms with Gasteiger partial charge in [-0.15, -0.1) is 0 Å². The third kappa shape index (κ3) is 6.63. The maximum absolute atomic E-state index is 13.0. The Morgan fingerprint density at radius 1 is 1.06 bits per heavy atom. The van der Waals surface area contributed by atoms with E-state index in [4.69, 9.17) is 9.47 Å². The molecular weight excluding hydrogens is 410 g/mol. The lowest BCUT2D eigenvalue weighted by molar-refractivity contribution is -0.137. The van der Waals surface area contributed by atoms with Gasteiger partial charge in [0, 0.05) is 30.1 Å². The molecule has 0 fully saturated rings. The highest BCUT2D eigenvalue weighted by atomic mass is 16.5. The molecule has 1 N–H and O–H groups in total. The van der Waals surface area contributed by atoms with Crippen LogP contribution in [0.25, 0.3) is 0 Å². The van der Waals surface area contributed by atoms with E-state index in [1.54, 1.807) is 49.6 Å². The quantitative estimate of drug-likeness (QED) is 0.584. The van der Waals surface area contributed by atoms with Crippen LogP contribution in [0.5, 0.6) is 0 Å². The summed E-state index contributed by atoms with van der Waals surface area (Å²) in [4.78, 5) is 46.4. The molecule has 1 atom stereocenters. The molecule has 2 aromatic rings. The zero-order chi connectivity index (χ0) is 22.8. The first kappa shape index (κ1) is 23.4. The predicted octanol–water partition coefficient (Wildman–Crippen LogP) is 2.50. The molecule has 8 heteroatoms. The lowest BCUT2D eigenvalue weighted by Gasteiger charge is -2.18. The highest BCUT2D eigenvalue weighted by molar-refractivity contribution is 6.40. The van der Waals surface area contributed by atoms with Crippen LogP contribution >= 0.6 is 0 Å². The first-order valence-electron chi connectivity index (χ1n) is 10.6. The summed E-state index contributed by atoms with van der Waals surface area (Å²) in [6.45, 7) is 3.29.